The Morgan fingerprint density at radius 1 is 0.298 bits per heavy atom. The minimum atomic E-state index is 0. The summed E-state index contributed by atoms with van der Waals surface area (Å²) in [6.07, 6.45) is 0. The average molecular weight is 836 g/mol. The number of nitrogens with one attached hydrogen (secondary N) is 1. The summed E-state index contributed by atoms with van der Waals surface area (Å²) >= 11 is 22.4. The highest BCUT2D eigenvalue weighted by molar-refractivity contribution is 6.33. The van der Waals surface area contributed by atoms with E-state index in [1.54, 1.807) is 0 Å². The summed E-state index contributed by atoms with van der Waals surface area (Å²) in [5.41, 5.74) is 5.92. The van der Waals surface area contributed by atoms with E-state index in [0.29, 0.717) is 11.9 Å². The van der Waals surface area contributed by atoms with Gasteiger partial charge >= 0.3 is 0 Å². The molecule has 6 aromatic carbocycles. The van der Waals surface area contributed by atoms with Gasteiger partial charge in [-0.3, -0.25) is 9.80 Å². The molecule has 0 amide bonds. The number of para-hydroxylation sites is 6. The molecule has 0 atom stereocenters. The molecule has 57 heavy (non-hydrogen) atoms. The molecule has 0 aliphatic carbocycles. The summed E-state index contributed by atoms with van der Waals surface area (Å²) in [7, 11) is 0. The minimum Gasteiger partial charge on any atom is -0.356 e. The summed E-state index contributed by atoms with van der Waals surface area (Å²) in [6.45, 7) is 0. The maximum Gasteiger partial charge on any atom is 0.240 e. The number of nitrogens with zero attached hydrogens (tertiary/aromatic N) is 8. The summed E-state index contributed by atoms with van der Waals surface area (Å²) in [5.74, 6) is 0.860. The lowest BCUT2D eigenvalue weighted by Crippen LogP contribution is -2.18. The van der Waals surface area contributed by atoms with Gasteiger partial charge in [0.15, 0.2) is 0 Å². The Kier molecular flexibility index (Phi) is 17.2. The topological polar surface area (TPSA) is 95.8 Å². The van der Waals surface area contributed by atoms with Crippen LogP contribution in [0.5, 0.6) is 0 Å². The number of hydrogen-bond acceptors (Lipinski definition) is 9. The van der Waals surface area contributed by atoms with Crippen LogP contribution in [0.1, 0.15) is 14.9 Å². The monoisotopic (exact) mass is 833 g/mol. The molecule has 0 aliphatic heterocycles. The molecule has 8 aromatic rings. The van der Waals surface area contributed by atoms with Crippen molar-refractivity contribution in [2.75, 3.05) is 15.1 Å². The van der Waals surface area contributed by atoms with Crippen molar-refractivity contribution in [1.82, 2.24) is 29.9 Å². The first kappa shape index (κ1) is 43.6. The maximum absolute atomic E-state index is 6.47. The molecule has 2 aromatic heterocycles. The molecule has 0 spiro atoms. The van der Waals surface area contributed by atoms with Crippen LogP contribution >= 0.6 is 46.4 Å². The number of rotatable bonds is 8. The zero-order valence-corrected chi connectivity index (χ0v) is 31.9. The van der Waals surface area contributed by atoms with Crippen LogP contribution in [0.25, 0.3) is 0 Å². The van der Waals surface area contributed by atoms with Crippen molar-refractivity contribution >= 4 is 92.4 Å². The fraction of sp³-hybridized carbons (Fsp3) is 0.0455. The van der Waals surface area contributed by atoms with E-state index >= 15 is 0 Å². The predicted molar refractivity (Wildman–Crippen MR) is 239 cm³/mol. The van der Waals surface area contributed by atoms with Crippen molar-refractivity contribution < 1.29 is 0 Å². The Hall–Kier alpha value is -6.10. The normalized spacial score (nSPS) is 9.82. The molecule has 0 radical (unpaired) electrons. The summed E-state index contributed by atoms with van der Waals surface area (Å²) < 4.78 is 0. The first-order valence-electron chi connectivity index (χ1n) is 16.7. The second-order valence-corrected chi connectivity index (χ2v) is 12.6. The van der Waals surface area contributed by atoms with Crippen molar-refractivity contribution in [2.24, 2.45) is 0 Å². The zero-order chi connectivity index (χ0) is 38.2. The molecule has 9 nitrogen and oxygen atoms in total. The Balaban J connectivity index is 0.000000246. The van der Waals surface area contributed by atoms with E-state index in [2.05, 4.69) is 30.2 Å². The van der Waals surface area contributed by atoms with Gasteiger partial charge in [-0.25, -0.2) is 0 Å². The van der Waals surface area contributed by atoms with Gasteiger partial charge in [0, 0.05) is 34.1 Å². The molecule has 2 heterocycles. The van der Waals surface area contributed by atoms with Crippen LogP contribution in [0.15, 0.2) is 182 Å². The molecule has 0 aliphatic rings. The van der Waals surface area contributed by atoms with E-state index in [1.165, 1.54) is 0 Å². The molecule has 288 valence electrons. The number of halogens is 4. The number of anilines is 8. The maximum atomic E-state index is 6.47. The van der Waals surface area contributed by atoms with Gasteiger partial charge < -0.3 is 5.32 Å². The molecule has 0 unspecified atom stereocenters. The molecular formula is C44H39Cl4N9. The van der Waals surface area contributed by atoms with Crippen LogP contribution in [0.4, 0.5) is 46.0 Å². The van der Waals surface area contributed by atoms with Gasteiger partial charge in [-0.05, 0) is 119 Å². The average Bonchev–Trinajstić information content (AvgIpc) is 3.20. The SMILES string of the molecule is C.C.Clc1nc(Cl)nc(Cl)n1.Clc1nc(N(c2ccccc2)c2ccccc2)nc(N(c2ccccc2)c2ccccc2)n1.c1ccc(Nc2ccccc2)cc1. The fourth-order valence-electron chi connectivity index (χ4n) is 5.11. The summed E-state index contributed by atoms with van der Waals surface area (Å²) in [6, 6.07) is 60.1. The van der Waals surface area contributed by atoms with Gasteiger partial charge in [-0.1, -0.05) is 124 Å². The van der Waals surface area contributed by atoms with Crippen LogP contribution in [-0.2, 0) is 0 Å². The van der Waals surface area contributed by atoms with Crippen molar-refractivity contribution in [3.8, 4) is 0 Å². The van der Waals surface area contributed by atoms with Gasteiger partial charge in [0.25, 0.3) is 0 Å². The molecule has 1 N–H and O–H groups in total. The highest BCUT2D eigenvalue weighted by Crippen LogP contribution is 2.36. The minimum absolute atomic E-state index is 0. The van der Waals surface area contributed by atoms with E-state index in [-0.39, 0.29) is 36.0 Å². The van der Waals surface area contributed by atoms with Gasteiger partial charge in [0.05, 0.1) is 0 Å². The van der Waals surface area contributed by atoms with E-state index in [9.17, 15) is 0 Å². The Morgan fingerprint density at radius 2 is 0.526 bits per heavy atom. The molecular weight excluding hydrogens is 796 g/mol. The van der Waals surface area contributed by atoms with Crippen molar-refractivity contribution in [2.45, 2.75) is 14.9 Å². The van der Waals surface area contributed by atoms with Crippen LogP contribution in [0.2, 0.25) is 21.1 Å². The third-order valence-electron chi connectivity index (χ3n) is 7.43. The van der Waals surface area contributed by atoms with Crippen molar-refractivity contribution in [3.63, 3.8) is 0 Å². The Labute approximate surface area is 353 Å². The standard InChI is InChI=1S/C27H20ClN5.C12H11N.C3Cl3N3.2CH4/c28-25-29-26(32(21-13-5-1-6-14-21)22-15-7-2-8-16-22)31-27(30-25)33(23-17-9-3-10-18-23)24-19-11-4-12-20-24;1-3-7-11(8-4-1)13-12-9-5-2-6-10-12;4-1-7-2(5)9-3(6)8-1;;/h1-20H;1-10,13H;;2*1H4. The Bertz CT molecular complexity index is 2080. The van der Waals surface area contributed by atoms with E-state index in [1.807, 2.05) is 192 Å². The van der Waals surface area contributed by atoms with Gasteiger partial charge in [0.2, 0.25) is 33.0 Å². The fourth-order valence-corrected chi connectivity index (χ4v) is 5.87. The third-order valence-corrected chi connectivity index (χ3v) is 8.11. The lowest BCUT2D eigenvalue weighted by molar-refractivity contribution is 0.982. The summed E-state index contributed by atoms with van der Waals surface area (Å²) in [5, 5.41) is 3.42. The highest BCUT2D eigenvalue weighted by Gasteiger charge is 2.21. The van der Waals surface area contributed by atoms with E-state index < -0.39 is 0 Å². The smallest absolute Gasteiger partial charge is 0.240 e. The first-order chi connectivity index (χ1) is 26.9. The second-order valence-electron chi connectivity index (χ2n) is 11.2. The van der Waals surface area contributed by atoms with Crippen LogP contribution in [0.3, 0.4) is 0 Å². The number of benzene rings is 6. The molecule has 13 heteroatoms. The van der Waals surface area contributed by atoms with Crippen LogP contribution in [0, 0.1) is 0 Å². The van der Waals surface area contributed by atoms with Crippen LogP contribution in [-0.4, -0.2) is 29.9 Å². The van der Waals surface area contributed by atoms with Crippen LogP contribution < -0.4 is 15.1 Å². The van der Waals surface area contributed by atoms with Crippen molar-refractivity contribution in [3.05, 3.63) is 203 Å². The second kappa shape index (κ2) is 22.5. The highest BCUT2D eigenvalue weighted by atomic mass is 35.5. The predicted octanol–water partition coefficient (Wildman–Crippen LogP) is 14.0. The van der Waals surface area contributed by atoms with Gasteiger partial charge in [-0.2, -0.15) is 29.9 Å². The van der Waals surface area contributed by atoms with Gasteiger partial charge in [0.1, 0.15) is 0 Å². The lowest BCUT2D eigenvalue weighted by atomic mass is 10.2. The molecule has 0 saturated carbocycles. The molecule has 8 rings (SSSR count). The molecule has 0 fully saturated rings. The third kappa shape index (κ3) is 13.0. The van der Waals surface area contributed by atoms with Crippen molar-refractivity contribution in [1.29, 1.82) is 0 Å². The van der Waals surface area contributed by atoms with Gasteiger partial charge in [-0.15, -0.1) is 0 Å². The Morgan fingerprint density at radius 3 is 0.789 bits per heavy atom. The number of aromatic nitrogens is 6. The zero-order valence-electron chi connectivity index (χ0n) is 28.9. The quantitative estimate of drug-likeness (QED) is 0.160. The van der Waals surface area contributed by atoms with E-state index in [4.69, 9.17) is 51.4 Å². The largest absolute Gasteiger partial charge is 0.356 e. The van der Waals surface area contributed by atoms with E-state index in [0.717, 1.165) is 34.1 Å². The molecule has 0 saturated heterocycles. The summed E-state index contributed by atoms with van der Waals surface area (Å²) in [4.78, 5) is 28.2. The molecule has 0 bridgehead atoms. The first-order valence-corrected chi connectivity index (χ1v) is 18.3. The lowest BCUT2D eigenvalue weighted by Gasteiger charge is -2.26. The number of hydrogen-bond donors (Lipinski definition) is 1.